The maximum Gasteiger partial charge on any atom is 0.286 e. The molecule has 25 heavy (non-hydrogen) atoms. The summed E-state index contributed by atoms with van der Waals surface area (Å²) in [5, 5.41) is 13.6. The lowest BCUT2D eigenvalue weighted by Crippen LogP contribution is -2.33. The summed E-state index contributed by atoms with van der Waals surface area (Å²) in [6.07, 6.45) is 0.899. The minimum Gasteiger partial charge on any atom is -0.365 e. The van der Waals surface area contributed by atoms with Crippen LogP contribution in [0.5, 0.6) is 0 Å². The Bertz CT molecular complexity index is 933. The number of carbonyl (C=O) groups excluding carboxylic acids is 2. The first-order chi connectivity index (χ1) is 11.7. The second kappa shape index (κ2) is 6.95. The summed E-state index contributed by atoms with van der Waals surface area (Å²) in [5.74, 6) is -1.66. The first-order valence-electron chi connectivity index (χ1n) is 7.25. The fraction of sp³-hybridized carbons (Fsp3) is 0.188. The zero-order chi connectivity index (χ0) is 18.7. The first kappa shape index (κ1) is 17.9. The van der Waals surface area contributed by atoms with Gasteiger partial charge in [0.1, 0.15) is 12.1 Å². The van der Waals surface area contributed by atoms with Crippen LogP contribution in [0, 0.1) is 24.0 Å². The van der Waals surface area contributed by atoms with E-state index in [1.807, 2.05) is 26.0 Å². The minimum atomic E-state index is -1.10. The first-order valence-corrected chi connectivity index (χ1v) is 7.25. The van der Waals surface area contributed by atoms with Crippen molar-refractivity contribution in [3.8, 4) is 0 Å². The molecule has 0 fully saturated rings. The molecule has 0 bridgehead atoms. The van der Waals surface area contributed by atoms with Crippen molar-refractivity contribution in [1.29, 1.82) is 0 Å². The number of pyridine rings is 1. The lowest BCUT2D eigenvalue weighted by molar-refractivity contribution is -0.385. The van der Waals surface area contributed by atoms with Gasteiger partial charge in [-0.25, -0.2) is 0 Å². The third-order valence-corrected chi connectivity index (χ3v) is 3.52. The zero-order valence-electron chi connectivity index (χ0n) is 13.6. The quantitative estimate of drug-likeness (QED) is 0.618. The van der Waals surface area contributed by atoms with Crippen molar-refractivity contribution in [2.45, 2.75) is 20.4 Å². The van der Waals surface area contributed by atoms with Gasteiger partial charge in [0.25, 0.3) is 17.2 Å². The molecule has 0 unspecified atom stereocenters. The predicted molar refractivity (Wildman–Crippen MR) is 90.4 cm³/mol. The van der Waals surface area contributed by atoms with Crippen molar-refractivity contribution in [2.75, 3.05) is 5.32 Å². The molecule has 0 spiro atoms. The summed E-state index contributed by atoms with van der Waals surface area (Å²) < 4.78 is 0.789. The van der Waals surface area contributed by atoms with Gasteiger partial charge in [-0.15, -0.1) is 0 Å². The zero-order valence-corrected chi connectivity index (χ0v) is 13.6. The van der Waals surface area contributed by atoms with Gasteiger partial charge in [0.2, 0.25) is 5.91 Å². The molecule has 9 heteroatoms. The summed E-state index contributed by atoms with van der Waals surface area (Å²) in [7, 11) is 0. The molecule has 3 N–H and O–H groups in total. The molecular formula is C16H16N4O5. The van der Waals surface area contributed by atoms with Gasteiger partial charge >= 0.3 is 0 Å². The SMILES string of the molecule is Cc1ccc(NC(=O)Cn2cc([N+](=O)[O-])cc(C(N)=O)c2=O)c(C)c1. The summed E-state index contributed by atoms with van der Waals surface area (Å²) in [6.45, 7) is 3.23. The Balaban J connectivity index is 2.32. The molecule has 1 heterocycles. The molecule has 0 saturated carbocycles. The number of primary amides is 1. The van der Waals surface area contributed by atoms with E-state index >= 15 is 0 Å². The molecule has 9 nitrogen and oxygen atoms in total. The molecule has 1 aromatic carbocycles. The summed E-state index contributed by atoms with van der Waals surface area (Å²) >= 11 is 0. The Kier molecular flexibility index (Phi) is 4.97. The van der Waals surface area contributed by atoms with Crippen molar-refractivity contribution in [3.63, 3.8) is 0 Å². The van der Waals surface area contributed by atoms with Crippen LogP contribution in [0.15, 0.2) is 35.3 Å². The van der Waals surface area contributed by atoms with E-state index in [0.717, 1.165) is 28.0 Å². The highest BCUT2D eigenvalue weighted by atomic mass is 16.6. The van der Waals surface area contributed by atoms with Crippen molar-refractivity contribution in [3.05, 3.63) is 67.6 Å². The van der Waals surface area contributed by atoms with Crippen LogP contribution in [-0.4, -0.2) is 21.3 Å². The van der Waals surface area contributed by atoms with E-state index < -0.39 is 40.1 Å². The Labute approximate surface area is 142 Å². The Morgan fingerprint density at radius 1 is 1.28 bits per heavy atom. The van der Waals surface area contributed by atoms with Crippen LogP contribution in [0.4, 0.5) is 11.4 Å². The lowest BCUT2D eigenvalue weighted by atomic mass is 10.1. The molecule has 2 amide bonds. The maximum absolute atomic E-state index is 12.2. The lowest BCUT2D eigenvalue weighted by Gasteiger charge is -2.11. The van der Waals surface area contributed by atoms with Crippen LogP contribution < -0.4 is 16.6 Å². The van der Waals surface area contributed by atoms with E-state index in [1.54, 1.807) is 6.07 Å². The molecule has 1 aromatic heterocycles. The molecule has 0 aliphatic rings. The van der Waals surface area contributed by atoms with Crippen molar-refractivity contribution < 1.29 is 14.5 Å². The van der Waals surface area contributed by atoms with Crippen LogP contribution in [-0.2, 0) is 11.3 Å². The molecule has 0 saturated heterocycles. The average Bonchev–Trinajstić information content (AvgIpc) is 2.51. The van der Waals surface area contributed by atoms with E-state index in [0.29, 0.717) is 5.69 Å². The Hall–Kier alpha value is -3.49. The molecule has 0 radical (unpaired) electrons. The Morgan fingerprint density at radius 2 is 1.96 bits per heavy atom. The highest BCUT2D eigenvalue weighted by Crippen LogP contribution is 2.16. The van der Waals surface area contributed by atoms with Gasteiger partial charge in [0, 0.05) is 11.8 Å². The number of nitro groups is 1. The topological polar surface area (TPSA) is 137 Å². The second-order valence-electron chi connectivity index (χ2n) is 5.53. The van der Waals surface area contributed by atoms with E-state index in [2.05, 4.69) is 5.32 Å². The average molecular weight is 344 g/mol. The largest absolute Gasteiger partial charge is 0.365 e. The highest BCUT2D eigenvalue weighted by Gasteiger charge is 2.18. The number of nitrogens with one attached hydrogen (secondary N) is 1. The highest BCUT2D eigenvalue weighted by molar-refractivity contribution is 5.93. The molecule has 130 valence electrons. The van der Waals surface area contributed by atoms with Gasteiger partial charge in [-0.1, -0.05) is 17.7 Å². The maximum atomic E-state index is 12.2. The number of aryl methyl sites for hydroxylation is 2. The van der Waals surface area contributed by atoms with Gasteiger partial charge in [0.15, 0.2) is 0 Å². The molecule has 0 atom stereocenters. The Morgan fingerprint density at radius 3 is 2.52 bits per heavy atom. The third-order valence-electron chi connectivity index (χ3n) is 3.52. The van der Waals surface area contributed by atoms with E-state index in [-0.39, 0.29) is 0 Å². The van der Waals surface area contributed by atoms with Crippen LogP contribution in [0.25, 0.3) is 0 Å². The molecule has 2 aromatic rings. The van der Waals surface area contributed by atoms with Crippen LogP contribution >= 0.6 is 0 Å². The number of hydrogen-bond acceptors (Lipinski definition) is 5. The number of anilines is 1. The summed E-state index contributed by atoms with van der Waals surface area (Å²) in [6, 6.07) is 6.20. The van der Waals surface area contributed by atoms with Crippen molar-refractivity contribution in [2.24, 2.45) is 5.73 Å². The molecule has 0 aliphatic heterocycles. The smallest absolute Gasteiger partial charge is 0.286 e. The fourth-order valence-corrected chi connectivity index (χ4v) is 2.31. The van der Waals surface area contributed by atoms with E-state index in [4.69, 9.17) is 5.73 Å². The van der Waals surface area contributed by atoms with Gasteiger partial charge < -0.3 is 11.1 Å². The van der Waals surface area contributed by atoms with Gasteiger partial charge in [-0.3, -0.25) is 29.1 Å². The predicted octanol–water partition coefficient (Wildman–Crippen LogP) is 1.11. The number of nitrogens with two attached hydrogens (primary N) is 1. The summed E-state index contributed by atoms with van der Waals surface area (Å²) in [5.41, 5.74) is 5.56. The van der Waals surface area contributed by atoms with Crippen molar-refractivity contribution >= 4 is 23.2 Å². The van der Waals surface area contributed by atoms with Gasteiger partial charge in [-0.05, 0) is 25.5 Å². The van der Waals surface area contributed by atoms with Gasteiger partial charge in [-0.2, -0.15) is 0 Å². The summed E-state index contributed by atoms with van der Waals surface area (Å²) in [4.78, 5) is 45.8. The van der Waals surface area contributed by atoms with E-state index in [1.165, 1.54) is 0 Å². The van der Waals surface area contributed by atoms with Crippen molar-refractivity contribution in [1.82, 2.24) is 4.57 Å². The number of nitrogens with zero attached hydrogens (tertiary/aromatic N) is 2. The molecular weight excluding hydrogens is 328 g/mol. The van der Waals surface area contributed by atoms with E-state index in [9.17, 15) is 24.5 Å². The minimum absolute atomic E-state index is 0.492. The molecule has 2 rings (SSSR count). The number of hydrogen-bond donors (Lipinski definition) is 2. The van der Waals surface area contributed by atoms with Gasteiger partial charge in [0.05, 0.1) is 11.1 Å². The number of amides is 2. The monoisotopic (exact) mass is 344 g/mol. The van der Waals surface area contributed by atoms with Crippen LogP contribution in [0.1, 0.15) is 21.5 Å². The standard InChI is InChI=1S/C16H16N4O5/c1-9-3-4-13(10(2)5-9)18-14(21)8-19-7-11(20(24)25)6-12(15(17)22)16(19)23/h3-7H,8H2,1-2H3,(H2,17,22)(H,18,21). The number of rotatable bonds is 5. The number of aromatic nitrogens is 1. The second-order valence-corrected chi connectivity index (χ2v) is 5.53. The van der Waals surface area contributed by atoms with Crippen LogP contribution in [0.3, 0.4) is 0 Å². The normalized spacial score (nSPS) is 10.3. The number of benzene rings is 1. The fourth-order valence-electron chi connectivity index (χ4n) is 2.31. The third kappa shape index (κ3) is 4.08. The van der Waals surface area contributed by atoms with Crippen LogP contribution in [0.2, 0.25) is 0 Å². The number of carbonyl (C=O) groups is 2. The molecule has 0 aliphatic carbocycles.